The molecule has 39 heavy (non-hydrogen) atoms. The van der Waals surface area contributed by atoms with Gasteiger partial charge in [-0.2, -0.15) is 0 Å². The van der Waals surface area contributed by atoms with Crippen molar-refractivity contribution in [2.45, 2.75) is 32.0 Å². The molecule has 1 aliphatic heterocycles. The minimum Gasteiger partial charge on any atom is -0.478 e. The van der Waals surface area contributed by atoms with E-state index in [4.69, 9.17) is 4.74 Å². The van der Waals surface area contributed by atoms with E-state index in [-0.39, 0.29) is 25.0 Å². The second kappa shape index (κ2) is 10.6. The van der Waals surface area contributed by atoms with Crippen molar-refractivity contribution >= 4 is 17.6 Å². The average Bonchev–Trinajstić information content (AvgIpc) is 3.04. The van der Waals surface area contributed by atoms with Gasteiger partial charge in [0.2, 0.25) is 12.0 Å². The molecule has 0 radical (unpaired) electrons. The van der Waals surface area contributed by atoms with E-state index in [9.17, 15) is 19.1 Å². The number of rotatable bonds is 7. The molecule has 5 rings (SSSR count). The van der Waals surface area contributed by atoms with E-state index >= 15 is 0 Å². The van der Waals surface area contributed by atoms with Gasteiger partial charge in [0.25, 0.3) is 0 Å². The summed E-state index contributed by atoms with van der Waals surface area (Å²) in [5.74, 6) is -2.07. The van der Waals surface area contributed by atoms with Crippen molar-refractivity contribution in [2.75, 3.05) is 11.4 Å². The number of benzene rings is 3. The summed E-state index contributed by atoms with van der Waals surface area (Å²) in [6.45, 7) is 3.26. The number of aryl methyl sites for hydroxylation is 2. The molecule has 198 valence electrons. The number of hydrogen-bond acceptors (Lipinski definition) is 6. The van der Waals surface area contributed by atoms with Crippen molar-refractivity contribution in [1.82, 2.24) is 15.3 Å². The molecule has 1 aliphatic rings. The lowest BCUT2D eigenvalue weighted by molar-refractivity contribution is -0.149. The lowest BCUT2D eigenvalue weighted by atomic mass is 9.77. The second-order valence-corrected chi connectivity index (χ2v) is 9.39. The summed E-state index contributed by atoms with van der Waals surface area (Å²) in [5.41, 5.74) is 1.53. The third-order valence-corrected chi connectivity index (χ3v) is 6.76. The third kappa shape index (κ3) is 4.96. The van der Waals surface area contributed by atoms with Crippen molar-refractivity contribution in [3.05, 3.63) is 119 Å². The van der Waals surface area contributed by atoms with Crippen LogP contribution in [0.15, 0.2) is 84.9 Å². The number of aromatic nitrogens is 2. The molecular formula is C30H27FN4O4. The summed E-state index contributed by atoms with van der Waals surface area (Å²) < 4.78 is 20.7. The van der Waals surface area contributed by atoms with E-state index in [1.165, 1.54) is 11.0 Å². The summed E-state index contributed by atoms with van der Waals surface area (Å²) >= 11 is 0. The van der Waals surface area contributed by atoms with Crippen LogP contribution in [0.2, 0.25) is 0 Å². The molecule has 0 fully saturated rings. The first-order valence-corrected chi connectivity index (χ1v) is 12.4. The molecule has 8 nitrogen and oxygen atoms in total. The molecule has 0 saturated carbocycles. The fourth-order valence-electron chi connectivity index (χ4n) is 5.07. The topological polar surface area (TPSA) is 105 Å². The van der Waals surface area contributed by atoms with Gasteiger partial charge in [0.1, 0.15) is 11.4 Å². The van der Waals surface area contributed by atoms with Crippen molar-refractivity contribution in [2.24, 2.45) is 0 Å². The number of carboxylic acid groups (broad SMARTS) is 1. The number of hydrogen-bond donors (Lipinski definition) is 2. The number of ether oxygens (including phenoxy) is 1. The van der Waals surface area contributed by atoms with Crippen LogP contribution in [-0.4, -0.2) is 39.6 Å². The Morgan fingerprint density at radius 2 is 1.67 bits per heavy atom. The number of carbonyl (C=O) groups is 2. The van der Waals surface area contributed by atoms with Gasteiger partial charge in [0, 0.05) is 28.2 Å². The maximum Gasteiger partial charge on any atom is 0.347 e. The van der Waals surface area contributed by atoms with Crippen molar-refractivity contribution < 1.29 is 23.8 Å². The van der Waals surface area contributed by atoms with Gasteiger partial charge in [-0.1, -0.05) is 66.7 Å². The number of nitrogens with one attached hydrogen (secondary N) is 1. The van der Waals surface area contributed by atoms with Crippen LogP contribution in [0, 0.1) is 19.7 Å². The summed E-state index contributed by atoms with van der Waals surface area (Å²) in [4.78, 5) is 36.7. The summed E-state index contributed by atoms with van der Waals surface area (Å²) in [6, 6.07) is 23.9. The van der Waals surface area contributed by atoms with Crippen LogP contribution < -0.4 is 15.0 Å². The Balaban J connectivity index is 1.72. The van der Waals surface area contributed by atoms with Gasteiger partial charge < -0.3 is 14.7 Å². The molecule has 0 saturated heterocycles. The smallest absolute Gasteiger partial charge is 0.347 e. The lowest BCUT2D eigenvalue weighted by Gasteiger charge is -2.39. The van der Waals surface area contributed by atoms with Crippen molar-refractivity contribution in [3.8, 4) is 6.01 Å². The first-order chi connectivity index (χ1) is 18.8. The molecule has 1 amide bonds. The highest BCUT2D eigenvalue weighted by Crippen LogP contribution is 2.42. The predicted octanol–water partition coefficient (Wildman–Crippen LogP) is 4.14. The molecule has 1 aromatic heterocycles. The summed E-state index contributed by atoms with van der Waals surface area (Å²) in [7, 11) is 0. The highest BCUT2D eigenvalue weighted by atomic mass is 19.1. The minimum atomic E-state index is -1.58. The van der Waals surface area contributed by atoms with Crippen LogP contribution in [0.1, 0.15) is 28.1 Å². The van der Waals surface area contributed by atoms with E-state index in [2.05, 4.69) is 15.3 Å². The largest absolute Gasteiger partial charge is 0.478 e. The molecule has 0 spiro atoms. The molecular weight excluding hydrogens is 499 g/mol. The zero-order valence-electron chi connectivity index (χ0n) is 21.5. The molecule has 2 N–H and O–H groups in total. The monoisotopic (exact) mass is 526 g/mol. The molecule has 0 aliphatic carbocycles. The summed E-state index contributed by atoms with van der Waals surface area (Å²) in [5, 5.41) is 13.8. The van der Waals surface area contributed by atoms with Crippen LogP contribution in [0.5, 0.6) is 6.01 Å². The minimum absolute atomic E-state index is 0.0339. The van der Waals surface area contributed by atoms with Gasteiger partial charge in [-0.25, -0.2) is 19.2 Å². The zero-order chi connectivity index (χ0) is 27.6. The quantitative estimate of drug-likeness (QED) is 0.373. The Morgan fingerprint density at radius 3 is 2.36 bits per heavy atom. The van der Waals surface area contributed by atoms with Gasteiger partial charge in [-0.05, 0) is 37.6 Å². The molecule has 4 aromatic rings. The number of anilines is 1. The maximum atomic E-state index is 14.6. The number of carbonyl (C=O) groups excluding carboxylic acids is 1. The molecule has 0 bridgehead atoms. The van der Waals surface area contributed by atoms with E-state index in [0.717, 1.165) is 0 Å². The number of aliphatic carboxylic acids is 1. The fraction of sp³-hybridized carbons (Fsp3) is 0.200. The Morgan fingerprint density at radius 1 is 1.03 bits per heavy atom. The average molecular weight is 527 g/mol. The van der Waals surface area contributed by atoms with Crippen LogP contribution >= 0.6 is 0 Å². The number of fused-ring (bicyclic) bond motifs is 1. The number of amides is 1. The molecule has 3 aromatic carbocycles. The molecule has 0 unspecified atom stereocenters. The second-order valence-electron chi connectivity index (χ2n) is 9.39. The Hall–Kier alpha value is -4.63. The Labute approximate surface area is 225 Å². The molecule has 2 heterocycles. The van der Waals surface area contributed by atoms with E-state index < -0.39 is 23.4 Å². The van der Waals surface area contributed by atoms with Crippen LogP contribution in [-0.2, 0) is 21.7 Å². The first-order valence-electron chi connectivity index (χ1n) is 12.4. The SMILES string of the molecule is Cc1cc(C)nc(O[C@H](C(=O)O)[C@@]2(c3ccccc3)NCC(=O)N(Cc3ccccc3F)c3ccccc32)n1. The highest BCUT2D eigenvalue weighted by molar-refractivity contribution is 5.97. The zero-order valence-corrected chi connectivity index (χ0v) is 21.5. The van der Waals surface area contributed by atoms with Crippen LogP contribution in [0.25, 0.3) is 0 Å². The van der Waals surface area contributed by atoms with Gasteiger partial charge in [0.15, 0.2) is 0 Å². The maximum absolute atomic E-state index is 14.6. The van der Waals surface area contributed by atoms with E-state index in [1.54, 1.807) is 86.6 Å². The van der Waals surface area contributed by atoms with E-state index in [1.807, 2.05) is 6.07 Å². The molecule has 2 atom stereocenters. The van der Waals surface area contributed by atoms with Gasteiger partial charge in [-0.15, -0.1) is 0 Å². The van der Waals surface area contributed by atoms with Gasteiger partial charge in [-0.3, -0.25) is 10.1 Å². The van der Waals surface area contributed by atoms with Crippen LogP contribution in [0.3, 0.4) is 0 Å². The highest BCUT2D eigenvalue weighted by Gasteiger charge is 2.52. The third-order valence-electron chi connectivity index (χ3n) is 6.76. The van der Waals surface area contributed by atoms with Gasteiger partial charge >= 0.3 is 12.0 Å². The lowest BCUT2D eigenvalue weighted by Crippen LogP contribution is -2.58. The number of carboxylic acids is 1. The fourth-order valence-corrected chi connectivity index (χ4v) is 5.07. The number of para-hydroxylation sites is 1. The Bertz CT molecular complexity index is 1510. The standard InChI is InChI=1S/C30H27FN4O4/c1-19-16-20(2)34-29(33-19)39-27(28(37)38)30(22-11-4-3-5-12-22)23-13-7-9-15-25(23)35(26(36)17-32-30)18-21-10-6-8-14-24(21)31/h3-16,27,32H,17-18H2,1-2H3,(H,37,38)/t27-,30+/m1/s1. The summed E-state index contributed by atoms with van der Waals surface area (Å²) in [6.07, 6.45) is -1.58. The predicted molar refractivity (Wildman–Crippen MR) is 143 cm³/mol. The first kappa shape index (κ1) is 26.0. The number of halogens is 1. The normalized spacial score (nSPS) is 17.7. The van der Waals surface area contributed by atoms with Gasteiger partial charge in [0.05, 0.1) is 13.1 Å². The number of nitrogens with zero attached hydrogens (tertiary/aromatic N) is 3. The molecule has 9 heteroatoms. The van der Waals surface area contributed by atoms with Crippen LogP contribution in [0.4, 0.5) is 10.1 Å². The van der Waals surface area contributed by atoms with Crippen molar-refractivity contribution in [1.29, 1.82) is 0 Å². The van der Waals surface area contributed by atoms with E-state index in [0.29, 0.717) is 33.8 Å². The Kier molecular flexibility index (Phi) is 7.08. The van der Waals surface area contributed by atoms with Crippen molar-refractivity contribution in [3.63, 3.8) is 0 Å².